The van der Waals surface area contributed by atoms with Crippen molar-refractivity contribution in [3.63, 3.8) is 0 Å². The molecule has 2 rings (SSSR count). The Hall–Kier alpha value is -2.21. The predicted molar refractivity (Wildman–Crippen MR) is 76.5 cm³/mol. The van der Waals surface area contributed by atoms with Crippen molar-refractivity contribution in [2.45, 2.75) is 13.0 Å². The summed E-state index contributed by atoms with van der Waals surface area (Å²) in [6, 6.07) is 6.65. The Bertz CT molecular complexity index is 674. The highest BCUT2D eigenvalue weighted by Gasteiger charge is 2.20. The van der Waals surface area contributed by atoms with Crippen molar-refractivity contribution in [1.82, 2.24) is 0 Å². The van der Waals surface area contributed by atoms with Crippen LogP contribution in [0.25, 0.3) is 0 Å². The number of halogens is 3. The highest BCUT2D eigenvalue weighted by atomic mass is 35.5. The van der Waals surface area contributed by atoms with E-state index >= 15 is 0 Å². The number of hydrogen-bond acceptors (Lipinski definition) is 3. The van der Waals surface area contributed by atoms with Crippen LogP contribution in [0.4, 0.5) is 20.2 Å². The maximum absolute atomic E-state index is 13.7. The lowest BCUT2D eigenvalue weighted by molar-refractivity contribution is -0.384. The first-order valence-corrected chi connectivity index (χ1v) is 6.42. The van der Waals surface area contributed by atoms with Gasteiger partial charge >= 0.3 is 0 Å². The second kappa shape index (κ2) is 6.05. The van der Waals surface area contributed by atoms with Gasteiger partial charge in [0.15, 0.2) is 0 Å². The van der Waals surface area contributed by atoms with Crippen LogP contribution in [0.1, 0.15) is 18.5 Å². The fraction of sp³-hybridized carbons (Fsp3) is 0.143. The van der Waals surface area contributed by atoms with Gasteiger partial charge in [-0.2, -0.15) is 0 Å². The second-order valence-electron chi connectivity index (χ2n) is 4.42. The third-order valence-corrected chi connectivity index (χ3v) is 3.20. The molecule has 0 amide bonds. The van der Waals surface area contributed by atoms with E-state index in [4.69, 9.17) is 11.6 Å². The lowest BCUT2D eigenvalue weighted by atomic mass is 10.1. The van der Waals surface area contributed by atoms with Gasteiger partial charge in [0, 0.05) is 16.7 Å². The molecule has 21 heavy (non-hydrogen) atoms. The van der Waals surface area contributed by atoms with Gasteiger partial charge in [-0.15, -0.1) is 0 Å². The topological polar surface area (TPSA) is 55.2 Å². The summed E-state index contributed by atoms with van der Waals surface area (Å²) in [6.07, 6.45) is 0. The molecule has 0 saturated heterocycles. The van der Waals surface area contributed by atoms with Gasteiger partial charge in [0.2, 0.25) is 0 Å². The van der Waals surface area contributed by atoms with Gasteiger partial charge in [-0.3, -0.25) is 10.1 Å². The monoisotopic (exact) mass is 312 g/mol. The predicted octanol–water partition coefficient (Wildman–Crippen LogP) is 4.70. The molecule has 1 N–H and O–H groups in total. The molecule has 0 fully saturated rings. The largest absolute Gasteiger partial charge is 0.373 e. The Kier molecular flexibility index (Phi) is 4.37. The zero-order valence-corrected chi connectivity index (χ0v) is 11.7. The first-order valence-electron chi connectivity index (χ1n) is 6.04. The van der Waals surface area contributed by atoms with Gasteiger partial charge in [0.1, 0.15) is 17.3 Å². The number of benzene rings is 2. The molecular weight excluding hydrogens is 302 g/mol. The summed E-state index contributed by atoms with van der Waals surface area (Å²) in [4.78, 5) is 10.4. The van der Waals surface area contributed by atoms with E-state index in [1.165, 1.54) is 31.2 Å². The smallest absolute Gasteiger partial charge is 0.292 e. The molecule has 0 bridgehead atoms. The minimum absolute atomic E-state index is 0.0997. The van der Waals surface area contributed by atoms with E-state index in [2.05, 4.69) is 5.32 Å². The molecule has 0 radical (unpaired) electrons. The van der Waals surface area contributed by atoms with Crippen molar-refractivity contribution in [3.05, 3.63) is 68.7 Å². The summed E-state index contributed by atoms with van der Waals surface area (Å²) in [5.74, 6) is -1.45. The molecule has 2 aromatic rings. The van der Waals surface area contributed by atoms with Crippen LogP contribution in [0, 0.1) is 21.7 Å². The lowest BCUT2D eigenvalue weighted by Gasteiger charge is -2.17. The number of hydrogen-bond donors (Lipinski definition) is 1. The molecule has 0 heterocycles. The molecule has 4 nitrogen and oxygen atoms in total. The summed E-state index contributed by atoms with van der Waals surface area (Å²) in [5.41, 5.74) is -0.308. The van der Waals surface area contributed by atoms with Crippen LogP contribution >= 0.6 is 11.6 Å². The molecule has 0 spiro atoms. The van der Waals surface area contributed by atoms with Crippen molar-refractivity contribution in [2.75, 3.05) is 5.32 Å². The van der Waals surface area contributed by atoms with Crippen molar-refractivity contribution in [3.8, 4) is 0 Å². The van der Waals surface area contributed by atoms with Crippen LogP contribution in [0.2, 0.25) is 5.02 Å². The normalized spacial score (nSPS) is 12.0. The minimum atomic E-state index is -0.802. The molecule has 2 aromatic carbocycles. The van der Waals surface area contributed by atoms with E-state index in [1.54, 1.807) is 0 Å². The first-order chi connectivity index (χ1) is 9.90. The van der Waals surface area contributed by atoms with Crippen molar-refractivity contribution >= 4 is 23.0 Å². The Morgan fingerprint density at radius 1 is 1.24 bits per heavy atom. The minimum Gasteiger partial charge on any atom is -0.373 e. The van der Waals surface area contributed by atoms with Crippen LogP contribution < -0.4 is 5.32 Å². The Morgan fingerprint density at radius 3 is 2.43 bits per heavy atom. The SMILES string of the molecule is CC(Nc1cc(Cl)ccc1[N+](=O)[O-])c1c(F)cccc1F. The van der Waals surface area contributed by atoms with Crippen LogP contribution in [0.15, 0.2) is 36.4 Å². The van der Waals surface area contributed by atoms with E-state index in [-0.39, 0.29) is 22.0 Å². The third kappa shape index (κ3) is 3.28. The standard InChI is InChI=1S/C14H11ClF2N2O2/c1-8(14-10(16)3-2-4-11(14)17)18-12-7-9(15)5-6-13(12)19(20)21/h2-8,18H,1H3. The molecule has 7 heteroatoms. The molecule has 1 unspecified atom stereocenters. The van der Waals surface area contributed by atoms with E-state index in [9.17, 15) is 18.9 Å². The maximum atomic E-state index is 13.7. The van der Waals surface area contributed by atoms with E-state index in [0.29, 0.717) is 0 Å². The average molecular weight is 313 g/mol. The lowest BCUT2D eigenvalue weighted by Crippen LogP contribution is -2.12. The molecule has 0 aliphatic heterocycles. The summed E-state index contributed by atoms with van der Waals surface area (Å²) >= 11 is 5.80. The number of anilines is 1. The zero-order valence-electron chi connectivity index (χ0n) is 10.9. The van der Waals surface area contributed by atoms with Gasteiger partial charge in [-0.05, 0) is 31.2 Å². The average Bonchev–Trinajstić information content (AvgIpc) is 2.38. The van der Waals surface area contributed by atoms with E-state index < -0.39 is 22.6 Å². The van der Waals surface area contributed by atoms with Gasteiger partial charge in [-0.25, -0.2) is 8.78 Å². The van der Waals surface area contributed by atoms with Gasteiger partial charge in [-0.1, -0.05) is 17.7 Å². The van der Waals surface area contributed by atoms with Crippen molar-refractivity contribution < 1.29 is 13.7 Å². The maximum Gasteiger partial charge on any atom is 0.292 e. The van der Waals surface area contributed by atoms with E-state index in [0.717, 1.165) is 12.1 Å². The van der Waals surface area contributed by atoms with Gasteiger partial charge < -0.3 is 5.32 Å². The molecule has 1 atom stereocenters. The number of rotatable bonds is 4. The second-order valence-corrected chi connectivity index (χ2v) is 4.86. The van der Waals surface area contributed by atoms with Crippen LogP contribution in [-0.2, 0) is 0 Å². The third-order valence-electron chi connectivity index (χ3n) is 2.96. The molecule has 0 aliphatic rings. The number of nitro groups is 1. The Labute approximate surface area is 124 Å². The highest BCUT2D eigenvalue weighted by molar-refractivity contribution is 6.31. The number of nitrogens with zero attached hydrogens (tertiary/aromatic N) is 1. The van der Waals surface area contributed by atoms with E-state index in [1.807, 2.05) is 0 Å². The Balaban J connectivity index is 2.38. The van der Waals surface area contributed by atoms with Crippen LogP contribution in [0.3, 0.4) is 0 Å². The number of nitrogens with one attached hydrogen (secondary N) is 1. The van der Waals surface area contributed by atoms with Gasteiger partial charge in [0.05, 0.1) is 11.0 Å². The highest BCUT2D eigenvalue weighted by Crippen LogP contribution is 2.32. The molecule has 0 saturated carbocycles. The quantitative estimate of drug-likeness (QED) is 0.657. The van der Waals surface area contributed by atoms with Crippen LogP contribution in [0.5, 0.6) is 0 Å². The molecular formula is C14H11ClF2N2O2. The van der Waals surface area contributed by atoms with Crippen molar-refractivity contribution in [1.29, 1.82) is 0 Å². The summed E-state index contributed by atoms with van der Waals surface area (Å²) in [5, 5.41) is 14.0. The van der Waals surface area contributed by atoms with Crippen LogP contribution in [-0.4, -0.2) is 4.92 Å². The fourth-order valence-electron chi connectivity index (χ4n) is 2.01. The summed E-state index contributed by atoms with van der Waals surface area (Å²) < 4.78 is 27.4. The molecule has 110 valence electrons. The summed E-state index contributed by atoms with van der Waals surface area (Å²) in [7, 11) is 0. The first kappa shape index (κ1) is 15.2. The van der Waals surface area contributed by atoms with Crippen molar-refractivity contribution in [2.24, 2.45) is 0 Å². The number of nitro benzene ring substituents is 1. The van der Waals surface area contributed by atoms with Gasteiger partial charge in [0.25, 0.3) is 5.69 Å². The zero-order chi connectivity index (χ0) is 15.6. The fourth-order valence-corrected chi connectivity index (χ4v) is 2.18. The Morgan fingerprint density at radius 2 is 1.86 bits per heavy atom. The molecule has 0 aliphatic carbocycles. The molecule has 0 aromatic heterocycles. The summed E-state index contributed by atoms with van der Waals surface area (Å²) in [6.45, 7) is 1.51.